The van der Waals surface area contributed by atoms with Gasteiger partial charge in [0.1, 0.15) is 5.75 Å². The van der Waals surface area contributed by atoms with E-state index in [0.29, 0.717) is 5.75 Å². The SMILES string of the molecule is CC(C)Oc1ccc(C(=O)O)cc1NC(=O)[C@@H]1[C@@H](C(=O)O)C1(C)C. The number of anilines is 1. The molecule has 7 nitrogen and oxygen atoms in total. The van der Waals surface area contributed by atoms with Gasteiger partial charge in [-0.25, -0.2) is 4.79 Å². The van der Waals surface area contributed by atoms with Gasteiger partial charge in [0, 0.05) is 0 Å². The van der Waals surface area contributed by atoms with Crippen LogP contribution in [0.15, 0.2) is 18.2 Å². The molecular weight excluding hydrogens is 314 g/mol. The van der Waals surface area contributed by atoms with Crippen LogP contribution < -0.4 is 10.1 Å². The number of rotatable bonds is 6. The van der Waals surface area contributed by atoms with Crippen molar-refractivity contribution in [3.8, 4) is 5.75 Å². The average Bonchev–Trinajstić information content (AvgIpc) is 3.03. The molecule has 1 aliphatic rings. The molecule has 2 rings (SSSR count). The van der Waals surface area contributed by atoms with E-state index in [1.807, 2.05) is 0 Å². The van der Waals surface area contributed by atoms with Gasteiger partial charge >= 0.3 is 11.9 Å². The topological polar surface area (TPSA) is 113 Å². The fourth-order valence-electron chi connectivity index (χ4n) is 2.92. The average molecular weight is 335 g/mol. The largest absolute Gasteiger partial charge is 0.489 e. The van der Waals surface area contributed by atoms with Crippen LogP contribution in [0, 0.1) is 17.3 Å². The zero-order chi connectivity index (χ0) is 18.2. The molecule has 0 aromatic heterocycles. The maximum atomic E-state index is 12.4. The molecule has 24 heavy (non-hydrogen) atoms. The Kier molecular flexibility index (Phi) is 4.55. The van der Waals surface area contributed by atoms with Crippen LogP contribution in [-0.4, -0.2) is 34.2 Å². The molecule has 2 atom stereocenters. The second-order valence-electron chi connectivity index (χ2n) is 6.79. The number of hydrogen-bond donors (Lipinski definition) is 3. The standard InChI is InChI=1S/C17H21NO6/c1-8(2)24-11-6-5-9(15(20)21)7-10(11)18-14(19)12-13(16(22)23)17(12,3)4/h5-8,12-13H,1-4H3,(H,18,19)(H,20,21)(H,22,23)/t12-,13-/m0/s1. The molecule has 3 N–H and O–H groups in total. The summed E-state index contributed by atoms with van der Waals surface area (Å²) in [7, 11) is 0. The van der Waals surface area contributed by atoms with Gasteiger partial charge in [-0.3, -0.25) is 9.59 Å². The quantitative estimate of drug-likeness (QED) is 0.736. The fraction of sp³-hybridized carbons (Fsp3) is 0.471. The number of carbonyl (C=O) groups excluding carboxylic acids is 1. The molecule has 0 spiro atoms. The van der Waals surface area contributed by atoms with Gasteiger partial charge < -0.3 is 20.3 Å². The van der Waals surface area contributed by atoms with Gasteiger partial charge in [0.2, 0.25) is 5.91 Å². The van der Waals surface area contributed by atoms with E-state index in [9.17, 15) is 19.5 Å². The van der Waals surface area contributed by atoms with Gasteiger partial charge in [0.25, 0.3) is 0 Å². The maximum absolute atomic E-state index is 12.4. The summed E-state index contributed by atoms with van der Waals surface area (Å²) in [5.41, 5.74) is -0.411. The highest BCUT2D eigenvalue weighted by Gasteiger charge is 2.65. The van der Waals surface area contributed by atoms with E-state index in [1.54, 1.807) is 27.7 Å². The molecule has 1 aromatic rings. The van der Waals surface area contributed by atoms with Crippen molar-refractivity contribution in [1.82, 2.24) is 0 Å². The summed E-state index contributed by atoms with van der Waals surface area (Å²) in [5, 5.41) is 20.9. The molecule has 130 valence electrons. The first kappa shape index (κ1) is 17.8. The van der Waals surface area contributed by atoms with E-state index < -0.39 is 35.1 Å². The number of carboxylic acid groups (broad SMARTS) is 2. The minimum Gasteiger partial charge on any atom is -0.489 e. The van der Waals surface area contributed by atoms with Gasteiger partial charge in [-0.2, -0.15) is 0 Å². The highest BCUT2D eigenvalue weighted by atomic mass is 16.5. The van der Waals surface area contributed by atoms with Gasteiger partial charge in [-0.05, 0) is 37.5 Å². The van der Waals surface area contributed by atoms with Gasteiger partial charge in [-0.15, -0.1) is 0 Å². The molecule has 1 amide bonds. The minimum absolute atomic E-state index is 0.00579. The van der Waals surface area contributed by atoms with E-state index in [2.05, 4.69) is 5.32 Å². The molecule has 1 fully saturated rings. The monoisotopic (exact) mass is 335 g/mol. The minimum atomic E-state index is -1.13. The summed E-state index contributed by atoms with van der Waals surface area (Å²) < 4.78 is 5.58. The number of benzene rings is 1. The first-order valence-corrected chi connectivity index (χ1v) is 7.63. The zero-order valence-electron chi connectivity index (χ0n) is 14.0. The third-order valence-electron chi connectivity index (χ3n) is 4.22. The van der Waals surface area contributed by atoms with E-state index in [1.165, 1.54) is 18.2 Å². The van der Waals surface area contributed by atoms with Crippen LogP contribution in [0.25, 0.3) is 0 Å². The molecule has 0 radical (unpaired) electrons. The number of carbonyl (C=O) groups is 3. The fourth-order valence-corrected chi connectivity index (χ4v) is 2.92. The summed E-state index contributed by atoms with van der Waals surface area (Å²) in [6.07, 6.45) is -0.166. The van der Waals surface area contributed by atoms with Crippen molar-refractivity contribution in [1.29, 1.82) is 0 Å². The van der Waals surface area contributed by atoms with E-state index in [4.69, 9.17) is 9.84 Å². The Morgan fingerprint density at radius 1 is 1.17 bits per heavy atom. The third kappa shape index (κ3) is 3.34. The maximum Gasteiger partial charge on any atom is 0.335 e. The summed E-state index contributed by atoms with van der Waals surface area (Å²) in [5.74, 6) is -3.68. The zero-order valence-corrected chi connectivity index (χ0v) is 14.0. The van der Waals surface area contributed by atoms with Crippen molar-refractivity contribution in [2.75, 3.05) is 5.32 Å². The first-order chi connectivity index (χ1) is 11.1. The Morgan fingerprint density at radius 3 is 2.25 bits per heavy atom. The van der Waals surface area contributed by atoms with E-state index in [0.717, 1.165) is 0 Å². The second kappa shape index (κ2) is 6.14. The van der Waals surface area contributed by atoms with E-state index >= 15 is 0 Å². The number of hydrogen-bond acceptors (Lipinski definition) is 4. The lowest BCUT2D eigenvalue weighted by atomic mass is 10.1. The van der Waals surface area contributed by atoms with Crippen LogP contribution in [0.3, 0.4) is 0 Å². The van der Waals surface area contributed by atoms with Crippen molar-refractivity contribution >= 4 is 23.5 Å². The van der Waals surface area contributed by atoms with Crippen LogP contribution in [-0.2, 0) is 9.59 Å². The molecular formula is C17H21NO6. The Hall–Kier alpha value is -2.57. The van der Waals surface area contributed by atoms with Gasteiger partial charge in [-0.1, -0.05) is 13.8 Å². The molecule has 1 aliphatic carbocycles. The molecule has 1 saturated carbocycles. The number of amides is 1. The van der Waals surface area contributed by atoms with Crippen molar-refractivity contribution in [3.63, 3.8) is 0 Å². The molecule has 7 heteroatoms. The molecule has 0 bridgehead atoms. The predicted octanol–water partition coefficient (Wildman–Crippen LogP) is 2.47. The molecule has 0 heterocycles. The number of aliphatic carboxylic acids is 1. The highest BCUT2D eigenvalue weighted by Crippen LogP contribution is 2.58. The van der Waals surface area contributed by atoms with Crippen LogP contribution in [0.4, 0.5) is 5.69 Å². The van der Waals surface area contributed by atoms with Crippen LogP contribution in [0.1, 0.15) is 38.1 Å². The number of aromatic carboxylic acids is 1. The molecule has 0 saturated heterocycles. The smallest absolute Gasteiger partial charge is 0.335 e. The third-order valence-corrected chi connectivity index (χ3v) is 4.22. The summed E-state index contributed by atoms with van der Waals surface area (Å²) >= 11 is 0. The van der Waals surface area contributed by atoms with Gasteiger partial charge in [0.15, 0.2) is 0 Å². The molecule has 0 aliphatic heterocycles. The molecule has 1 aromatic carbocycles. The lowest BCUT2D eigenvalue weighted by Crippen LogP contribution is -2.19. The number of carboxylic acids is 2. The van der Waals surface area contributed by atoms with Gasteiger partial charge in [0.05, 0.1) is 29.2 Å². The first-order valence-electron chi connectivity index (χ1n) is 7.63. The van der Waals surface area contributed by atoms with E-state index in [-0.39, 0.29) is 17.4 Å². The Balaban J connectivity index is 2.27. The second-order valence-corrected chi connectivity index (χ2v) is 6.79. The molecule has 0 unspecified atom stereocenters. The Labute approximate surface area is 139 Å². The predicted molar refractivity (Wildman–Crippen MR) is 86.2 cm³/mol. The number of nitrogens with one attached hydrogen (secondary N) is 1. The normalized spacial score (nSPS) is 21.2. The van der Waals surface area contributed by atoms with Crippen LogP contribution >= 0.6 is 0 Å². The van der Waals surface area contributed by atoms with Crippen molar-refractivity contribution in [2.24, 2.45) is 17.3 Å². The highest BCUT2D eigenvalue weighted by molar-refractivity contribution is 6.01. The van der Waals surface area contributed by atoms with Crippen LogP contribution in [0.5, 0.6) is 5.75 Å². The summed E-state index contributed by atoms with van der Waals surface area (Å²) in [6.45, 7) is 7.05. The Bertz CT molecular complexity index is 694. The summed E-state index contributed by atoms with van der Waals surface area (Å²) in [4.78, 5) is 34.8. The number of ether oxygens (including phenoxy) is 1. The lowest BCUT2D eigenvalue weighted by molar-refractivity contribution is -0.140. The van der Waals surface area contributed by atoms with Crippen LogP contribution in [0.2, 0.25) is 0 Å². The Morgan fingerprint density at radius 2 is 1.79 bits per heavy atom. The van der Waals surface area contributed by atoms with Crippen molar-refractivity contribution < 1.29 is 29.3 Å². The lowest BCUT2D eigenvalue weighted by Gasteiger charge is -2.16. The van der Waals surface area contributed by atoms with Crippen molar-refractivity contribution in [2.45, 2.75) is 33.8 Å². The summed E-state index contributed by atoms with van der Waals surface area (Å²) in [6, 6.07) is 4.17. The van der Waals surface area contributed by atoms with Crippen molar-refractivity contribution in [3.05, 3.63) is 23.8 Å².